The molecule has 2 heterocycles. The average molecular weight is 227 g/mol. The summed E-state index contributed by atoms with van der Waals surface area (Å²) in [5.74, 6) is 0.275. The maximum atomic E-state index is 13.1. The second kappa shape index (κ2) is 3.70. The average Bonchev–Trinajstić information content (AvgIpc) is 2.72. The molecule has 0 saturated carbocycles. The normalized spacial score (nSPS) is 10.9. The number of aromatic nitrogens is 1. The van der Waals surface area contributed by atoms with Gasteiger partial charge in [-0.1, -0.05) is 11.6 Å². The van der Waals surface area contributed by atoms with E-state index in [0.29, 0.717) is 11.5 Å². The van der Waals surface area contributed by atoms with E-state index >= 15 is 0 Å². The molecular formula is C14H10FNO. The minimum atomic E-state index is -0.313. The first-order valence-electron chi connectivity index (χ1n) is 5.34. The molecule has 0 atom stereocenters. The van der Waals surface area contributed by atoms with Gasteiger partial charge in [-0.05, 0) is 31.2 Å². The number of rotatable bonds is 1. The SMILES string of the molecule is Cc1ccc2oc(-c3cc(F)ccn3)cc2c1. The summed E-state index contributed by atoms with van der Waals surface area (Å²) in [6.07, 6.45) is 1.43. The molecule has 2 nitrogen and oxygen atoms in total. The van der Waals surface area contributed by atoms with Gasteiger partial charge in [-0.25, -0.2) is 4.39 Å². The molecule has 0 unspecified atom stereocenters. The number of hydrogen-bond acceptors (Lipinski definition) is 2. The van der Waals surface area contributed by atoms with Crippen molar-refractivity contribution in [3.63, 3.8) is 0 Å². The first kappa shape index (κ1) is 10.0. The van der Waals surface area contributed by atoms with Crippen LogP contribution in [0.2, 0.25) is 0 Å². The van der Waals surface area contributed by atoms with Crippen LogP contribution >= 0.6 is 0 Å². The van der Waals surface area contributed by atoms with E-state index in [4.69, 9.17) is 4.42 Å². The Balaban J connectivity index is 2.18. The monoisotopic (exact) mass is 227 g/mol. The second-order valence-electron chi connectivity index (χ2n) is 4.01. The Bertz CT molecular complexity index is 688. The number of fused-ring (bicyclic) bond motifs is 1. The summed E-state index contributed by atoms with van der Waals surface area (Å²) in [6.45, 7) is 2.02. The zero-order chi connectivity index (χ0) is 11.8. The summed E-state index contributed by atoms with van der Waals surface area (Å²) in [6, 6.07) is 10.5. The third-order valence-electron chi connectivity index (χ3n) is 2.65. The van der Waals surface area contributed by atoms with Crippen molar-refractivity contribution in [2.24, 2.45) is 0 Å². The Labute approximate surface area is 97.7 Å². The fraction of sp³-hybridized carbons (Fsp3) is 0.0714. The van der Waals surface area contributed by atoms with Crippen molar-refractivity contribution < 1.29 is 8.81 Å². The molecule has 0 amide bonds. The molecule has 0 N–H and O–H groups in total. The van der Waals surface area contributed by atoms with Crippen LogP contribution in [0.15, 0.2) is 47.0 Å². The third-order valence-corrected chi connectivity index (χ3v) is 2.65. The summed E-state index contributed by atoms with van der Waals surface area (Å²) in [5, 5.41) is 1.01. The van der Waals surface area contributed by atoms with E-state index in [2.05, 4.69) is 4.98 Å². The molecule has 0 fully saturated rings. The smallest absolute Gasteiger partial charge is 0.153 e. The predicted molar refractivity (Wildman–Crippen MR) is 64.1 cm³/mol. The quantitative estimate of drug-likeness (QED) is 0.629. The van der Waals surface area contributed by atoms with Gasteiger partial charge in [0.25, 0.3) is 0 Å². The lowest BCUT2D eigenvalue weighted by Gasteiger charge is -1.94. The Morgan fingerprint density at radius 1 is 1.12 bits per heavy atom. The van der Waals surface area contributed by atoms with E-state index in [1.54, 1.807) is 0 Å². The van der Waals surface area contributed by atoms with Gasteiger partial charge in [0.1, 0.15) is 17.1 Å². The number of hydrogen-bond donors (Lipinski definition) is 0. The van der Waals surface area contributed by atoms with Crippen LogP contribution in [0.1, 0.15) is 5.56 Å². The first-order valence-corrected chi connectivity index (χ1v) is 5.34. The van der Waals surface area contributed by atoms with Gasteiger partial charge >= 0.3 is 0 Å². The highest BCUT2D eigenvalue weighted by Gasteiger charge is 2.08. The van der Waals surface area contributed by atoms with Crippen molar-refractivity contribution in [2.75, 3.05) is 0 Å². The highest BCUT2D eigenvalue weighted by atomic mass is 19.1. The molecule has 0 saturated heterocycles. The van der Waals surface area contributed by atoms with Crippen molar-refractivity contribution in [1.82, 2.24) is 4.98 Å². The number of pyridine rings is 1. The minimum Gasteiger partial charge on any atom is -0.454 e. The lowest BCUT2D eigenvalue weighted by Crippen LogP contribution is -1.81. The molecule has 0 radical (unpaired) electrons. The van der Waals surface area contributed by atoms with Crippen LogP contribution in [-0.2, 0) is 0 Å². The van der Waals surface area contributed by atoms with Gasteiger partial charge in [-0.15, -0.1) is 0 Å². The highest BCUT2D eigenvalue weighted by molar-refractivity contribution is 5.82. The van der Waals surface area contributed by atoms with Crippen LogP contribution < -0.4 is 0 Å². The Kier molecular flexibility index (Phi) is 2.18. The van der Waals surface area contributed by atoms with Crippen LogP contribution in [0.25, 0.3) is 22.4 Å². The molecule has 1 aromatic carbocycles. The van der Waals surface area contributed by atoms with Crippen molar-refractivity contribution in [2.45, 2.75) is 6.92 Å². The minimum absolute atomic E-state index is 0.313. The maximum absolute atomic E-state index is 13.1. The van der Waals surface area contributed by atoms with Crippen LogP contribution in [0, 0.1) is 12.7 Å². The standard InChI is InChI=1S/C14H10FNO/c1-9-2-3-13-10(6-9)7-14(17-13)12-8-11(15)4-5-16-12/h2-8H,1H3. The summed E-state index contributed by atoms with van der Waals surface area (Å²) in [5.41, 5.74) is 2.47. The van der Waals surface area contributed by atoms with E-state index in [1.807, 2.05) is 31.2 Å². The molecule has 0 aliphatic carbocycles. The Morgan fingerprint density at radius 2 is 2.00 bits per heavy atom. The number of benzene rings is 1. The van der Waals surface area contributed by atoms with Crippen LogP contribution in [0.4, 0.5) is 4.39 Å². The fourth-order valence-electron chi connectivity index (χ4n) is 1.83. The summed E-state index contributed by atoms with van der Waals surface area (Å²) in [4.78, 5) is 4.09. The number of halogens is 1. The largest absolute Gasteiger partial charge is 0.454 e. The van der Waals surface area contributed by atoms with Crippen molar-refractivity contribution in [3.8, 4) is 11.5 Å². The summed E-state index contributed by atoms with van der Waals surface area (Å²) < 4.78 is 18.7. The van der Waals surface area contributed by atoms with Crippen LogP contribution in [0.5, 0.6) is 0 Å². The highest BCUT2D eigenvalue weighted by Crippen LogP contribution is 2.27. The van der Waals surface area contributed by atoms with Crippen molar-refractivity contribution in [1.29, 1.82) is 0 Å². The van der Waals surface area contributed by atoms with Gasteiger partial charge in [-0.2, -0.15) is 0 Å². The molecule has 84 valence electrons. The van der Waals surface area contributed by atoms with Gasteiger partial charge < -0.3 is 4.42 Å². The molecule has 17 heavy (non-hydrogen) atoms. The second-order valence-corrected chi connectivity index (χ2v) is 4.01. The molecule has 2 aromatic heterocycles. The summed E-state index contributed by atoms with van der Waals surface area (Å²) in [7, 11) is 0. The lowest BCUT2D eigenvalue weighted by atomic mass is 10.2. The van der Waals surface area contributed by atoms with Gasteiger partial charge in [0.05, 0.1) is 0 Å². The van der Waals surface area contributed by atoms with Gasteiger partial charge in [0.2, 0.25) is 0 Å². The van der Waals surface area contributed by atoms with Crippen molar-refractivity contribution >= 4 is 11.0 Å². The fourth-order valence-corrected chi connectivity index (χ4v) is 1.83. The van der Waals surface area contributed by atoms with E-state index in [9.17, 15) is 4.39 Å². The Hall–Kier alpha value is -2.16. The first-order chi connectivity index (χ1) is 8.22. The summed E-state index contributed by atoms with van der Waals surface area (Å²) >= 11 is 0. The number of nitrogens with zero attached hydrogens (tertiary/aromatic N) is 1. The molecule has 3 rings (SSSR count). The van der Waals surface area contributed by atoms with E-state index in [-0.39, 0.29) is 5.82 Å². The molecular weight excluding hydrogens is 217 g/mol. The number of aryl methyl sites for hydroxylation is 1. The molecule has 0 spiro atoms. The molecule has 3 heteroatoms. The topological polar surface area (TPSA) is 26.0 Å². The third kappa shape index (κ3) is 1.80. The van der Waals surface area contributed by atoms with E-state index in [0.717, 1.165) is 16.5 Å². The van der Waals surface area contributed by atoms with Gasteiger partial charge in [0.15, 0.2) is 5.76 Å². The molecule has 0 bridgehead atoms. The van der Waals surface area contributed by atoms with Crippen LogP contribution in [-0.4, -0.2) is 4.98 Å². The van der Waals surface area contributed by atoms with Crippen molar-refractivity contribution in [3.05, 3.63) is 54.0 Å². The zero-order valence-electron chi connectivity index (χ0n) is 9.27. The maximum Gasteiger partial charge on any atom is 0.153 e. The number of furan rings is 1. The van der Waals surface area contributed by atoms with E-state index < -0.39 is 0 Å². The molecule has 3 aromatic rings. The van der Waals surface area contributed by atoms with Gasteiger partial charge in [0, 0.05) is 17.6 Å². The predicted octanol–water partition coefficient (Wildman–Crippen LogP) is 3.94. The van der Waals surface area contributed by atoms with E-state index in [1.165, 1.54) is 18.3 Å². The molecule has 0 aliphatic rings. The van der Waals surface area contributed by atoms with Gasteiger partial charge in [-0.3, -0.25) is 4.98 Å². The Morgan fingerprint density at radius 3 is 2.82 bits per heavy atom. The molecule has 0 aliphatic heterocycles. The zero-order valence-corrected chi connectivity index (χ0v) is 9.27. The lowest BCUT2D eigenvalue weighted by molar-refractivity contribution is 0.613. The van der Waals surface area contributed by atoms with Crippen LogP contribution in [0.3, 0.4) is 0 Å².